The number of carbonyl (C=O) groups is 1. The molecule has 1 aromatic carbocycles. The highest BCUT2D eigenvalue weighted by atomic mass is 32.1. The van der Waals surface area contributed by atoms with Gasteiger partial charge in [-0.25, -0.2) is 4.98 Å². The zero-order chi connectivity index (χ0) is 24.5. The maximum Gasteiger partial charge on any atom is 0.471 e. The molecule has 0 aliphatic carbocycles. The maximum atomic E-state index is 13.0. The van der Waals surface area contributed by atoms with Crippen LogP contribution < -0.4 is 5.32 Å². The number of nitrogens with zero attached hydrogens (tertiary/aromatic N) is 3. The zero-order valence-corrected chi connectivity index (χ0v) is 19.8. The first-order valence-electron chi connectivity index (χ1n) is 10.7. The van der Waals surface area contributed by atoms with E-state index in [1.807, 2.05) is 22.9 Å². The Morgan fingerprint density at radius 3 is 2.66 bits per heavy atom. The average Bonchev–Trinajstić information content (AvgIpc) is 3.63. The Kier molecular flexibility index (Phi) is 6.43. The first kappa shape index (κ1) is 23.6. The summed E-state index contributed by atoms with van der Waals surface area (Å²) < 4.78 is 48.2. The molecule has 1 saturated heterocycles. The van der Waals surface area contributed by atoms with Crippen LogP contribution in [-0.4, -0.2) is 40.8 Å². The molecule has 1 fully saturated rings. The molecule has 182 valence electrons. The lowest BCUT2D eigenvalue weighted by atomic mass is 9.80. The van der Waals surface area contributed by atoms with E-state index in [1.165, 1.54) is 12.1 Å². The van der Waals surface area contributed by atoms with Gasteiger partial charge in [0.05, 0.1) is 10.6 Å². The van der Waals surface area contributed by atoms with Gasteiger partial charge < -0.3 is 14.6 Å². The quantitative estimate of drug-likeness (QED) is 0.365. The molecule has 5 rings (SSSR count). The van der Waals surface area contributed by atoms with Crippen LogP contribution in [0.25, 0.3) is 22.0 Å². The van der Waals surface area contributed by atoms with Gasteiger partial charge >= 0.3 is 12.1 Å². The first-order chi connectivity index (χ1) is 16.8. The van der Waals surface area contributed by atoms with Crippen molar-refractivity contribution in [3.05, 3.63) is 63.6 Å². The predicted molar refractivity (Wildman–Crippen MR) is 124 cm³/mol. The van der Waals surface area contributed by atoms with Gasteiger partial charge in [0, 0.05) is 41.7 Å². The third-order valence-corrected chi connectivity index (χ3v) is 7.80. The molecule has 3 aromatic heterocycles. The second-order valence-electron chi connectivity index (χ2n) is 8.09. The van der Waals surface area contributed by atoms with Crippen molar-refractivity contribution >= 4 is 28.6 Å². The number of hydrogen-bond donors (Lipinski definition) is 1. The fraction of sp³-hybridized carbons (Fsp3) is 0.304. The summed E-state index contributed by atoms with van der Waals surface area (Å²) in [5, 5.41) is 11.4. The average molecular weight is 521 g/mol. The van der Waals surface area contributed by atoms with E-state index < -0.39 is 12.1 Å². The molecule has 0 atom stereocenters. The highest BCUT2D eigenvalue weighted by molar-refractivity contribution is 7.14. The number of benzene rings is 1. The third kappa shape index (κ3) is 5.00. The predicted octanol–water partition coefficient (Wildman–Crippen LogP) is 5.42. The van der Waals surface area contributed by atoms with E-state index in [2.05, 4.69) is 20.0 Å². The molecule has 1 N–H and O–H groups in total. The topological polar surface area (TPSA) is 90.1 Å². The summed E-state index contributed by atoms with van der Waals surface area (Å²) in [6.07, 6.45) is -3.31. The molecule has 7 nitrogen and oxygen atoms in total. The lowest BCUT2D eigenvalue weighted by Gasteiger charge is -2.35. The smallest absolute Gasteiger partial charge is 0.381 e. The lowest BCUT2D eigenvalue weighted by molar-refractivity contribution is -0.159. The number of hydrogen-bond acceptors (Lipinski definition) is 8. The summed E-state index contributed by atoms with van der Waals surface area (Å²) in [6, 6.07) is 10.1. The summed E-state index contributed by atoms with van der Waals surface area (Å²) in [5.74, 6) is -2.03. The number of halogens is 3. The molecule has 1 amide bonds. The van der Waals surface area contributed by atoms with Crippen molar-refractivity contribution < 1.29 is 27.2 Å². The Morgan fingerprint density at radius 1 is 1.11 bits per heavy atom. The van der Waals surface area contributed by atoms with Crippen LogP contribution in [0.15, 0.2) is 51.7 Å². The molecular weight excluding hydrogens is 501 g/mol. The highest BCUT2D eigenvalue weighted by Gasteiger charge is 2.39. The van der Waals surface area contributed by atoms with Crippen molar-refractivity contribution in [2.24, 2.45) is 0 Å². The molecule has 35 heavy (non-hydrogen) atoms. The first-order valence-corrected chi connectivity index (χ1v) is 12.5. The largest absolute Gasteiger partial charge is 0.471 e. The molecule has 1 aliphatic rings. The molecule has 0 radical (unpaired) electrons. The maximum absolute atomic E-state index is 13.0. The van der Waals surface area contributed by atoms with E-state index in [0.29, 0.717) is 32.6 Å². The molecule has 12 heteroatoms. The number of aromatic nitrogens is 3. The van der Waals surface area contributed by atoms with Crippen molar-refractivity contribution in [1.29, 1.82) is 0 Å². The van der Waals surface area contributed by atoms with E-state index in [1.54, 1.807) is 34.8 Å². The monoisotopic (exact) mass is 520 g/mol. The van der Waals surface area contributed by atoms with Crippen LogP contribution >= 0.6 is 22.7 Å². The number of thiazole rings is 1. The SMILES string of the molecule is O=C(NCC1(c2nc(-c3cccs3)cs2)CCOCC1)c1cccc(-c2noc(C(F)(F)F)n2)c1. The normalized spacial score (nSPS) is 15.7. The van der Waals surface area contributed by atoms with Crippen LogP contribution in [-0.2, 0) is 16.3 Å². The Morgan fingerprint density at radius 2 is 1.94 bits per heavy atom. The van der Waals surface area contributed by atoms with Crippen molar-refractivity contribution in [3.63, 3.8) is 0 Å². The third-order valence-electron chi connectivity index (χ3n) is 5.82. The van der Waals surface area contributed by atoms with Gasteiger partial charge in [0.1, 0.15) is 5.01 Å². The fourth-order valence-electron chi connectivity index (χ4n) is 3.89. The van der Waals surface area contributed by atoms with Crippen molar-refractivity contribution in [1.82, 2.24) is 20.4 Å². The summed E-state index contributed by atoms with van der Waals surface area (Å²) in [6.45, 7) is 1.49. The Bertz CT molecular complexity index is 1310. The van der Waals surface area contributed by atoms with Gasteiger partial charge in [-0.1, -0.05) is 23.4 Å². The summed E-state index contributed by atoms with van der Waals surface area (Å²) in [5.41, 5.74) is 1.09. The molecule has 0 bridgehead atoms. The van der Waals surface area contributed by atoms with Crippen molar-refractivity contribution in [2.45, 2.75) is 24.4 Å². The van der Waals surface area contributed by atoms with E-state index in [9.17, 15) is 18.0 Å². The Hall–Kier alpha value is -3.09. The van der Waals surface area contributed by atoms with Crippen LogP contribution in [0.4, 0.5) is 13.2 Å². The van der Waals surface area contributed by atoms with Crippen LogP contribution in [0.5, 0.6) is 0 Å². The second-order valence-corrected chi connectivity index (χ2v) is 9.90. The molecule has 0 saturated carbocycles. The number of carbonyl (C=O) groups excluding carboxylic acids is 1. The van der Waals surface area contributed by atoms with Gasteiger partial charge in [-0.15, -0.1) is 22.7 Å². The molecule has 0 spiro atoms. The van der Waals surface area contributed by atoms with E-state index in [0.717, 1.165) is 15.6 Å². The minimum atomic E-state index is -4.74. The standard InChI is InChI=1S/C23H19F3N4O3S2/c24-23(25,26)20-29-18(30-33-20)14-3-1-4-15(11-14)19(31)27-13-22(6-8-32-9-7-22)21-28-16(12-35-21)17-5-2-10-34-17/h1-5,10-12H,6-9,13H2,(H,27,31). The summed E-state index contributed by atoms with van der Waals surface area (Å²) >= 11 is 3.20. The fourth-order valence-corrected chi connectivity index (χ4v) is 5.73. The number of rotatable bonds is 6. The van der Waals surface area contributed by atoms with Crippen molar-refractivity contribution in [2.75, 3.05) is 19.8 Å². The van der Waals surface area contributed by atoms with Gasteiger partial charge in [-0.2, -0.15) is 18.2 Å². The molecule has 0 unspecified atom stereocenters. The van der Waals surface area contributed by atoms with Crippen LogP contribution in [0, 0.1) is 0 Å². The van der Waals surface area contributed by atoms with Crippen molar-refractivity contribution in [3.8, 4) is 22.0 Å². The minimum Gasteiger partial charge on any atom is -0.381 e. The van der Waals surface area contributed by atoms with E-state index in [4.69, 9.17) is 9.72 Å². The van der Waals surface area contributed by atoms with Crippen LogP contribution in [0.3, 0.4) is 0 Å². The number of thiophene rings is 1. The van der Waals surface area contributed by atoms with Gasteiger partial charge in [-0.3, -0.25) is 4.79 Å². The number of nitrogens with one attached hydrogen (secondary N) is 1. The molecule has 1 aliphatic heterocycles. The van der Waals surface area contributed by atoms with E-state index in [-0.39, 0.29) is 28.3 Å². The van der Waals surface area contributed by atoms with Gasteiger partial charge in [0.2, 0.25) is 5.82 Å². The Labute approximate surface area is 206 Å². The van der Waals surface area contributed by atoms with Crippen LogP contribution in [0.1, 0.15) is 34.1 Å². The molecule has 4 aromatic rings. The van der Waals surface area contributed by atoms with Gasteiger partial charge in [-0.05, 0) is 36.4 Å². The van der Waals surface area contributed by atoms with Gasteiger partial charge in [0.15, 0.2) is 0 Å². The Balaban J connectivity index is 1.33. The summed E-state index contributed by atoms with van der Waals surface area (Å²) in [7, 11) is 0. The van der Waals surface area contributed by atoms with Gasteiger partial charge in [0.25, 0.3) is 5.91 Å². The molecule has 4 heterocycles. The molecular formula is C23H19F3N4O3S2. The lowest BCUT2D eigenvalue weighted by Crippen LogP contribution is -2.44. The summed E-state index contributed by atoms with van der Waals surface area (Å²) in [4.78, 5) is 22.4. The zero-order valence-electron chi connectivity index (χ0n) is 18.2. The minimum absolute atomic E-state index is 0.239. The number of amides is 1. The number of alkyl halides is 3. The van der Waals surface area contributed by atoms with E-state index >= 15 is 0 Å². The highest BCUT2D eigenvalue weighted by Crippen LogP contribution is 2.38. The second kappa shape index (κ2) is 9.51. The number of ether oxygens (including phenoxy) is 1. The van der Waals surface area contributed by atoms with Crippen LogP contribution in [0.2, 0.25) is 0 Å².